The molecule has 3 heterocycles. The second-order valence-corrected chi connectivity index (χ2v) is 10.0. The average molecular weight is 490 g/mol. The molecular formula is C27H35N7O2. The van der Waals surface area contributed by atoms with E-state index in [0.29, 0.717) is 12.4 Å². The van der Waals surface area contributed by atoms with Crippen molar-refractivity contribution < 1.29 is 9.59 Å². The summed E-state index contributed by atoms with van der Waals surface area (Å²) in [5.74, 6) is 0.766. The van der Waals surface area contributed by atoms with Gasteiger partial charge in [0.25, 0.3) is 0 Å². The lowest BCUT2D eigenvalue weighted by Gasteiger charge is -2.35. The summed E-state index contributed by atoms with van der Waals surface area (Å²) in [6.45, 7) is 2.51. The number of carbonyl (C=O) groups is 2. The van der Waals surface area contributed by atoms with Gasteiger partial charge in [-0.05, 0) is 75.4 Å². The van der Waals surface area contributed by atoms with Gasteiger partial charge in [-0.1, -0.05) is 36.6 Å². The number of carbonyl (C=O) groups excluding carboxylic acids is 2. The highest BCUT2D eigenvalue weighted by Gasteiger charge is 2.39. The largest absolute Gasteiger partial charge is 0.343 e. The molecule has 1 aliphatic heterocycles. The summed E-state index contributed by atoms with van der Waals surface area (Å²) in [4.78, 5) is 33.3. The quantitative estimate of drug-likeness (QED) is 0.528. The third-order valence-electron chi connectivity index (χ3n) is 7.77. The Balaban J connectivity index is 1.41. The first kappa shape index (κ1) is 24.4. The lowest BCUT2D eigenvalue weighted by atomic mass is 9.83. The fraction of sp³-hybridized carbons (Fsp3) is 0.519. The van der Waals surface area contributed by atoms with Crippen LogP contribution in [0.3, 0.4) is 0 Å². The molecule has 1 saturated carbocycles. The summed E-state index contributed by atoms with van der Waals surface area (Å²) in [5.41, 5.74) is 2.73. The van der Waals surface area contributed by atoms with Gasteiger partial charge in [0.2, 0.25) is 11.8 Å². The Kier molecular flexibility index (Phi) is 7.27. The van der Waals surface area contributed by atoms with Crippen LogP contribution in [0.4, 0.5) is 0 Å². The van der Waals surface area contributed by atoms with Crippen LogP contribution in [-0.4, -0.2) is 62.4 Å². The van der Waals surface area contributed by atoms with Gasteiger partial charge in [0.1, 0.15) is 11.6 Å². The van der Waals surface area contributed by atoms with Crippen LogP contribution in [0.15, 0.2) is 42.6 Å². The van der Waals surface area contributed by atoms with E-state index in [1.54, 1.807) is 17.9 Å². The highest BCUT2D eigenvalue weighted by atomic mass is 16.2. The molecule has 2 aromatic heterocycles. The average Bonchev–Trinajstić information content (AvgIpc) is 3.59. The number of benzene rings is 1. The molecular weight excluding hydrogens is 454 g/mol. The lowest BCUT2D eigenvalue weighted by molar-refractivity contribution is -0.139. The monoisotopic (exact) mass is 489 g/mol. The van der Waals surface area contributed by atoms with E-state index in [9.17, 15) is 9.59 Å². The number of likely N-dealkylation sites (N-methyl/N-ethyl adjacent to an activating group) is 1. The highest BCUT2D eigenvalue weighted by Crippen LogP contribution is 2.35. The highest BCUT2D eigenvalue weighted by molar-refractivity contribution is 5.90. The van der Waals surface area contributed by atoms with Gasteiger partial charge in [-0.3, -0.25) is 9.59 Å². The third-order valence-corrected chi connectivity index (χ3v) is 7.77. The molecule has 1 aromatic carbocycles. The van der Waals surface area contributed by atoms with E-state index in [4.69, 9.17) is 0 Å². The van der Waals surface area contributed by atoms with Crippen molar-refractivity contribution >= 4 is 22.8 Å². The predicted octanol–water partition coefficient (Wildman–Crippen LogP) is 3.15. The zero-order valence-electron chi connectivity index (χ0n) is 21.1. The Hall–Kier alpha value is -3.33. The number of likely N-dealkylation sites (tertiary alicyclic amines) is 1. The molecule has 0 unspecified atom stereocenters. The molecule has 1 saturated heterocycles. The van der Waals surface area contributed by atoms with E-state index in [-0.39, 0.29) is 29.8 Å². The smallest absolute Gasteiger partial charge is 0.245 e. The summed E-state index contributed by atoms with van der Waals surface area (Å²) < 4.78 is 1.74. The number of hydrogen-bond acceptors (Lipinski definition) is 6. The fourth-order valence-electron chi connectivity index (χ4n) is 5.61. The van der Waals surface area contributed by atoms with Crippen molar-refractivity contribution in [3.63, 3.8) is 0 Å². The van der Waals surface area contributed by atoms with Crippen LogP contribution in [0.5, 0.6) is 0 Å². The zero-order valence-corrected chi connectivity index (χ0v) is 21.1. The van der Waals surface area contributed by atoms with Crippen molar-refractivity contribution in [2.24, 2.45) is 5.92 Å². The number of pyridine rings is 1. The maximum absolute atomic E-state index is 14.0. The minimum absolute atomic E-state index is 0.0330. The molecule has 2 N–H and O–H groups in total. The van der Waals surface area contributed by atoms with Gasteiger partial charge in [-0.15, -0.1) is 5.10 Å². The number of amides is 2. The number of rotatable bonds is 7. The van der Waals surface area contributed by atoms with Gasteiger partial charge in [0.15, 0.2) is 5.82 Å². The molecule has 2 amide bonds. The van der Waals surface area contributed by atoms with Crippen molar-refractivity contribution in [3.05, 3.63) is 48.2 Å². The molecule has 2 fully saturated rings. The number of nitrogens with one attached hydrogen (secondary N) is 2. The molecule has 36 heavy (non-hydrogen) atoms. The van der Waals surface area contributed by atoms with E-state index < -0.39 is 6.04 Å². The van der Waals surface area contributed by atoms with Crippen LogP contribution in [0.2, 0.25) is 0 Å². The van der Waals surface area contributed by atoms with Crippen LogP contribution in [0.1, 0.15) is 63.5 Å². The summed E-state index contributed by atoms with van der Waals surface area (Å²) in [7, 11) is 1.76. The lowest BCUT2D eigenvalue weighted by Crippen LogP contribution is -2.55. The van der Waals surface area contributed by atoms with Gasteiger partial charge in [-0.25, -0.2) is 4.98 Å². The van der Waals surface area contributed by atoms with Gasteiger partial charge in [0.05, 0.1) is 17.6 Å². The summed E-state index contributed by atoms with van der Waals surface area (Å²) in [6, 6.07) is 10.9. The molecule has 190 valence electrons. The Morgan fingerprint density at radius 2 is 1.86 bits per heavy atom. The molecule has 9 nitrogen and oxygen atoms in total. The molecule has 0 bridgehead atoms. The van der Waals surface area contributed by atoms with E-state index in [2.05, 4.69) is 25.9 Å². The maximum atomic E-state index is 14.0. The SMILES string of the molecule is CN[C@@H](C)C(=O)N[C@H](C(=O)N1CCC[C@H]1c1ccnc(-n2nnc3ccccc32)c1)C1CCCCC1. The number of nitrogens with zero attached hydrogens (tertiary/aromatic N) is 5. The number of para-hydroxylation sites is 1. The first-order valence-corrected chi connectivity index (χ1v) is 13.1. The molecule has 0 spiro atoms. The van der Waals surface area contributed by atoms with E-state index in [1.165, 1.54) is 6.42 Å². The van der Waals surface area contributed by atoms with Gasteiger partial charge in [0, 0.05) is 12.7 Å². The second kappa shape index (κ2) is 10.7. The van der Waals surface area contributed by atoms with E-state index in [1.807, 2.05) is 48.2 Å². The minimum atomic E-state index is -0.491. The van der Waals surface area contributed by atoms with E-state index >= 15 is 0 Å². The molecule has 0 radical (unpaired) electrons. The molecule has 3 atom stereocenters. The first-order chi connectivity index (χ1) is 17.6. The summed E-state index contributed by atoms with van der Waals surface area (Å²) in [5, 5.41) is 14.7. The fourth-order valence-corrected chi connectivity index (χ4v) is 5.61. The Morgan fingerprint density at radius 1 is 1.06 bits per heavy atom. The van der Waals surface area contributed by atoms with E-state index in [0.717, 1.165) is 55.1 Å². The second-order valence-electron chi connectivity index (χ2n) is 10.0. The van der Waals surface area contributed by atoms with Crippen molar-refractivity contribution in [2.45, 2.75) is 70.0 Å². The Bertz CT molecular complexity index is 1220. The third kappa shape index (κ3) is 4.84. The van der Waals surface area contributed by atoms with Crippen LogP contribution in [0.25, 0.3) is 16.9 Å². The van der Waals surface area contributed by atoms with Crippen molar-refractivity contribution in [2.75, 3.05) is 13.6 Å². The standard InChI is InChI=1S/C27H35N7O2/c1-18(28-2)26(35)30-25(19-9-4-3-5-10-19)27(36)33-16-8-13-22(33)20-14-15-29-24(17-20)34-23-12-7-6-11-21(23)31-32-34/h6-7,11-12,14-15,17-19,22,25,28H,3-5,8-10,13,16H2,1-2H3,(H,30,35)/t18-,22-,25-/m0/s1. The predicted molar refractivity (Wildman–Crippen MR) is 137 cm³/mol. The number of hydrogen-bond donors (Lipinski definition) is 2. The minimum Gasteiger partial charge on any atom is -0.343 e. The van der Waals surface area contributed by atoms with Crippen LogP contribution in [0, 0.1) is 5.92 Å². The van der Waals surface area contributed by atoms with Crippen molar-refractivity contribution in [3.8, 4) is 5.82 Å². The number of aromatic nitrogens is 4. The molecule has 5 rings (SSSR count). The van der Waals surface area contributed by atoms with Crippen LogP contribution in [-0.2, 0) is 9.59 Å². The molecule has 9 heteroatoms. The molecule has 1 aliphatic carbocycles. The molecule has 3 aromatic rings. The Morgan fingerprint density at radius 3 is 2.67 bits per heavy atom. The zero-order chi connectivity index (χ0) is 25.1. The van der Waals surface area contributed by atoms with Crippen molar-refractivity contribution in [1.29, 1.82) is 0 Å². The van der Waals surface area contributed by atoms with Gasteiger partial charge < -0.3 is 15.5 Å². The normalized spacial score (nSPS) is 20.4. The van der Waals surface area contributed by atoms with Crippen molar-refractivity contribution in [1.82, 2.24) is 35.5 Å². The van der Waals surface area contributed by atoms with Crippen LogP contribution < -0.4 is 10.6 Å². The molecule has 2 aliphatic rings. The van der Waals surface area contributed by atoms with Gasteiger partial charge >= 0.3 is 0 Å². The topological polar surface area (TPSA) is 105 Å². The van der Waals surface area contributed by atoms with Gasteiger partial charge in [-0.2, -0.15) is 4.68 Å². The van der Waals surface area contributed by atoms with Crippen LogP contribution >= 0.6 is 0 Å². The Labute approximate surface area is 211 Å². The number of fused-ring (bicyclic) bond motifs is 1. The maximum Gasteiger partial charge on any atom is 0.245 e. The summed E-state index contributed by atoms with van der Waals surface area (Å²) >= 11 is 0. The summed E-state index contributed by atoms with van der Waals surface area (Å²) in [6.07, 6.45) is 8.94. The first-order valence-electron chi connectivity index (χ1n) is 13.1.